The molecule has 0 amide bonds. The fraction of sp³-hybridized carbons (Fsp3) is 0.500. The van der Waals surface area contributed by atoms with Gasteiger partial charge < -0.3 is 15.2 Å². The number of benzene rings is 1. The molecule has 0 spiro atoms. The third-order valence-electron chi connectivity index (χ3n) is 2.28. The highest BCUT2D eigenvalue weighted by Crippen LogP contribution is 2.23. The van der Waals surface area contributed by atoms with Crippen LogP contribution in [-0.4, -0.2) is 24.7 Å². The second-order valence-electron chi connectivity index (χ2n) is 5.07. The van der Waals surface area contributed by atoms with Gasteiger partial charge in [-0.2, -0.15) is 0 Å². The van der Waals surface area contributed by atoms with Gasteiger partial charge in [0.05, 0.1) is 5.56 Å². The molecular weight excluding hydrogens is 230 g/mol. The summed E-state index contributed by atoms with van der Waals surface area (Å²) in [5.74, 6) is 0.335. The van der Waals surface area contributed by atoms with Gasteiger partial charge in [-0.05, 0) is 39.8 Å². The smallest absolute Gasteiger partial charge is 0.339 e. The predicted octanol–water partition coefficient (Wildman–Crippen LogP) is 2.29. The molecule has 1 aromatic rings. The van der Waals surface area contributed by atoms with Crippen molar-refractivity contribution in [3.05, 3.63) is 29.3 Å². The summed E-state index contributed by atoms with van der Waals surface area (Å²) in [6.07, 6.45) is 0. The second kappa shape index (κ2) is 5.87. The van der Waals surface area contributed by atoms with Crippen molar-refractivity contribution in [2.75, 3.05) is 13.2 Å². The van der Waals surface area contributed by atoms with Crippen molar-refractivity contribution in [3.8, 4) is 5.75 Å². The van der Waals surface area contributed by atoms with E-state index >= 15 is 0 Å². The van der Waals surface area contributed by atoms with Crippen LogP contribution in [0, 0.1) is 6.92 Å². The van der Waals surface area contributed by atoms with E-state index in [2.05, 4.69) is 0 Å². The molecule has 4 heteroatoms. The normalized spacial score (nSPS) is 11.2. The standard InChI is InChI=1S/C14H21NO3/c1-10-11(13(16)18-14(2,3)4)6-5-7-12(10)17-9-8-15/h5-7H,8-9,15H2,1-4H3. The van der Waals surface area contributed by atoms with E-state index in [9.17, 15) is 4.79 Å². The Morgan fingerprint density at radius 2 is 2.00 bits per heavy atom. The van der Waals surface area contributed by atoms with E-state index < -0.39 is 5.60 Å². The topological polar surface area (TPSA) is 61.5 Å². The van der Waals surface area contributed by atoms with Gasteiger partial charge >= 0.3 is 5.97 Å². The van der Waals surface area contributed by atoms with Crippen molar-refractivity contribution in [2.45, 2.75) is 33.3 Å². The van der Waals surface area contributed by atoms with Crippen molar-refractivity contribution < 1.29 is 14.3 Å². The Hall–Kier alpha value is -1.55. The molecule has 0 aromatic heterocycles. The Morgan fingerprint density at radius 3 is 2.56 bits per heavy atom. The number of hydrogen-bond acceptors (Lipinski definition) is 4. The SMILES string of the molecule is Cc1c(OCCN)cccc1C(=O)OC(C)(C)C. The van der Waals surface area contributed by atoms with Gasteiger partial charge in [0.2, 0.25) is 0 Å². The Morgan fingerprint density at radius 1 is 1.33 bits per heavy atom. The van der Waals surface area contributed by atoms with Crippen molar-refractivity contribution in [1.82, 2.24) is 0 Å². The minimum absolute atomic E-state index is 0.335. The molecule has 100 valence electrons. The fourth-order valence-electron chi connectivity index (χ4n) is 1.49. The van der Waals surface area contributed by atoms with E-state index in [0.717, 1.165) is 5.56 Å². The number of carbonyl (C=O) groups is 1. The van der Waals surface area contributed by atoms with Gasteiger partial charge in [-0.1, -0.05) is 6.07 Å². The molecule has 1 aromatic carbocycles. The van der Waals surface area contributed by atoms with Gasteiger partial charge in [0.25, 0.3) is 0 Å². The van der Waals surface area contributed by atoms with Crippen molar-refractivity contribution in [1.29, 1.82) is 0 Å². The van der Waals surface area contributed by atoms with Gasteiger partial charge in [0, 0.05) is 12.1 Å². The lowest BCUT2D eigenvalue weighted by molar-refractivity contribution is 0.00683. The van der Waals surface area contributed by atoms with Gasteiger partial charge in [0.1, 0.15) is 18.0 Å². The summed E-state index contributed by atoms with van der Waals surface area (Å²) in [6, 6.07) is 5.33. The Kier molecular flexibility index (Phi) is 4.73. The van der Waals surface area contributed by atoms with Crippen LogP contribution in [0.1, 0.15) is 36.7 Å². The maximum Gasteiger partial charge on any atom is 0.339 e. The zero-order valence-electron chi connectivity index (χ0n) is 11.4. The molecule has 1 rings (SSSR count). The zero-order valence-corrected chi connectivity index (χ0v) is 11.4. The number of esters is 1. The fourth-order valence-corrected chi connectivity index (χ4v) is 1.49. The lowest BCUT2D eigenvalue weighted by Crippen LogP contribution is -2.24. The zero-order chi connectivity index (χ0) is 13.8. The maximum absolute atomic E-state index is 12.0. The van der Waals surface area contributed by atoms with Crippen LogP contribution in [0.3, 0.4) is 0 Å². The molecule has 0 bridgehead atoms. The van der Waals surface area contributed by atoms with Crippen molar-refractivity contribution in [2.24, 2.45) is 5.73 Å². The highest BCUT2D eigenvalue weighted by atomic mass is 16.6. The van der Waals surface area contributed by atoms with Crippen molar-refractivity contribution >= 4 is 5.97 Å². The average molecular weight is 251 g/mol. The van der Waals surface area contributed by atoms with E-state index in [-0.39, 0.29) is 5.97 Å². The van der Waals surface area contributed by atoms with Gasteiger partial charge in [-0.15, -0.1) is 0 Å². The van der Waals surface area contributed by atoms with Crippen LogP contribution in [-0.2, 0) is 4.74 Å². The number of hydrogen-bond donors (Lipinski definition) is 1. The molecule has 18 heavy (non-hydrogen) atoms. The molecule has 0 saturated carbocycles. The van der Waals surface area contributed by atoms with E-state index in [0.29, 0.717) is 24.5 Å². The van der Waals surface area contributed by atoms with Crippen LogP contribution in [0.25, 0.3) is 0 Å². The lowest BCUT2D eigenvalue weighted by atomic mass is 10.1. The molecule has 0 heterocycles. The summed E-state index contributed by atoms with van der Waals surface area (Å²) in [6.45, 7) is 8.23. The molecule has 0 fully saturated rings. The molecule has 0 radical (unpaired) electrons. The molecule has 0 unspecified atom stereocenters. The summed E-state index contributed by atoms with van der Waals surface area (Å²) in [5, 5.41) is 0. The van der Waals surface area contributed by atoms with Crippen molar-refractivity contribution in [3.63, 3.8) is 0 Å². The summed E-state index contributed by atoms with van der Waals surface area (Å²) in [7, 11) is 0. The first-order chi connectivity index (χ1) is 8.35. The summed E-state index contributed by atoms with van der Waals surface area (Å²) < 4.78 is 10.8. The van der Waals surface area contributed by atoms with Gasteiger partial charge in [-0.3, -0.25) is 0 Å². The lowest BCUT2D eigenvalue weighted by Gasteiger charge is -2.20. The van der Waals surface area contributed by atoms with Crippen LogP contribution < -0.4 is 10.5 Å². The summed E-state index contributed by atoms with van der Waals surface area (Å²) in [5.41, 5.74) is 6.19. The molecular formula is C14H21NO3. The minimum atomic E-state index is -0.502. The number of nitrogens with two attached hydrogens (primary N) is 1. The van der Waals surface area contributed by atoms with Gasteiger partial charge in [-0.25, -0.2) is 4.79 Å². The summed E-state index contributed by atoms with van der Waals surface area (Å²) >= 11 is 0. The Balaban J connectivity index is 2.92. The van der Waals surface area contributed by atoms with Crippen LogP contribution in [0.4, 0.5) is 0 Å². The van der Waals surface area contributed by atoms with Crippen LogP contribution >= 0.6 is 0 Å². The first-order valence-electron chi connectivity index (χ1n) is 6.01. The molecule has 0 aliphatic heterocycles. The quantitative estimate of drug-likeness (QED) is 0.834. The number of carbonyl (C=O) groups excluding carboxylic acids is 1. The van der Waals surface area contributed by atoms with E-state index in [1.54, 1.807) is 12.1 Å². The monoisotopic (exact) mass is 251 g/mol. The Bertz CT molecular complexity index is 422. The highest BCUT2D eigenvalue weighted by molar-refractivity contribution is 5.92. The first-order valence-corrected chi connectivity index (χ1v) is 6.01. The minimum Gasteiger partial charge on any atom is -0.492 e. The molecule has 0 aliphatic carbocycles. The Labute approximate surface area is 108 Å². The molecule has 2 N–H and O–H groups in total. The number of ether oxygens (including phenoxy) is 2. The van der Waals surface area contributed by atoms with E-state index in [4.69, 9.17) is 15.2 Å². The van der Waals surface area contributed by atoms with Crippen LogP contribution in [0.2, 0.25) is 0 Å². The molecule has 4 nitrogen and oxygen atoms in total. The third-order valence-corrected chi connectivity index (χ3v) is 2.28. The third kappa shape index (κ3) is 4.04. The predicted molar refractivity (Wildman–Crippen MR) is 70.9 cm³/mol. The van der Waals surface area contributed by atoms with Crippen LogP contribution in [0.5, 0.6) is 5.75 Å². The summed E-state index contributed by atoms with van der Waals surface area (Å²) in [4.78, 5) is 12.0. The van der Waals surface area contributed by atoms with E-state index in [1.807, 2.05) is 33.8 Å². The molecule has 0 atom stereocenters. The number of rotatable bonds is 4. The second-order valence-corrected chi connectivity index (χ2v) is 5.07. The average Bonchev–Trinajstić information content (AvgIpc) is 2.25. The van der Waals surface area contributed by atoms with Crippen LogP contribution in [0.15, 0.2) is 18.2 Å². The van der Waals surface area contributed by atoms with Gasteiger partial charge in [0.15, 0.2) is 0 Å². The van der Waals surface area contributed by atoms with E-state index in [1.165, 1.54) is 0 Å². The largest absolute Gasteiger partial charge is 0.492 e. The molecule has 0 saturated heterocycles. The first kappa shape index (κ1) is 14.5. The highest BCUT2D eigenvalue weighted by Gasteiger charge is 2.20. The maximum atomic E-state index is 12.0. The molecule has 0 aliphatic rings.